The van der Waals surface area contributed by atoms with E-state index < -0.39 is 0 Å². The number of aromatic nitrogens is 2. The topological polar surface area (TPSA) is 59.0 Å². The van der Waals surface area contributed by atoms with E-state index >= 15 is 0 Å². The van der Waals surface area contributed by atoms with Crippen LogP contribution in [0.3, 0.4) is 0 Å². The van der Waals surface area contributed by atoms with Crippen LogP contribution < -0.4 is 10.6 Å². The lowest BCUT2D eigenvalue weighted by Crippen LogP contribution is -2.30. The summed E-state index contributed by atoms with van der Waals surface area (Å²) in [7, 11) is 0. The third-order valence-electron chi connectivity index (χ3n) is 4.79. The molecule has 2 heterocycles. The Morgan fingerprint density at radius 1 is 1.35 bits per heavy atom. The van der Waals surface area contributed by atoms with E-state index in [0.717, 1.165) is 30.8 Å². The molecule has 1 aromatic carbocycles. The van der Waals surface area contributed by atoms with Gasteiger partial charge in [0, 0.05) is 24.5 Å². The Balaban J connectivity index is 0.00000169. The van der Waals surface area contributed by atoms with E-state index in [1.165, 1.54) is 12.8 Å². The molecule has 26 heavy (non-hydrogen) atoms. The molecule has 1 atom stereocenters. The van der Waals surface area contributed by atoms with Crippen LogP contribution in [0.1, 0.15) is 44.2 Å². The summed E-state index contributed by atoms with van der Waals surface area (Å²) in [6.45, 7) is 4.21. The highest BCUT2D eigenvalue weighted by Gasteiger charge is 2.16. The van der Waals surface area contributed by atoms with Gasteiger partial charge in [-0.15, -0.1) is 24.8 Å². The number of carbonyl (C=O) groups is 1. The van der Waals surface area contributed by atoms with Crippen molar-refractivity contribution in [1.29, 1.82) is 0 Å². The van der Waals surface area contributed by atoms with Gasteiger partial charge in [0.05, 0.1) is 12.4 Å². The van der Waals surface area contributed by atoms with Crippen molar-refractivity contribution in [1.82, 2.24) is 20.2 Å². The normalized spacial score (nSPS) is 15.4. The molecule has 1 fully saturated rings. The first kappa shape index (κ1) is 22.5. The van der Waals surface area contributed by atoms with Gasteiger partial charge >= 0.3 is 0 Å². The predicted octanol–water partition coefficient (Wildman–Crippen LogP) is 3.67. The molecule has 0 aliphatic carbocycles. The SMILES string of the molecule is CC(NC(=O)CCC1CCNCC1)c1cccc(-n2ccnc2)c1.Cl.Cl. The highest BCUT2D eigenvalue weighted by atomic mass is 35.5. The van der Waals surface area contributed by atoms with Gasteiger partial charge in [-0.2, -0.15) is 0 Å². The molecule has 1 amide bonds. The third kappa shape index (κ3) is 6.31. The van der Waals surface area contributed by atoms with Gasteiger partial charge in [0.1, 0.15) is 0 Å². The Hall–Kier alpha value is -1.56. The van der Waals surface area contributed by atoms with Crippen LogP contribution in [0.25, 0.3) is 5.69 Å². The van der Waals surface area contributed by atoms with Crippen LogP contribution in [0.15, 0.2) is 43.0 Å². The van der Waals surface area contributed by atoms with Gasteiger partial charge in [0.25, 0.3) is 0 Å². The standard InChI is InChI=1S/C19H26N4O.2ClH/c1-15(22-19(24)6-5-16-7-9-20-10-8-16)17-3-2-4-18(13-17)23-12-11-21-14-23;;/h2-4,11-16,20H,5-10H2,1H3,(H,22,24);2*1H. The van der Waals surface area contributed by atoms with E-state index in [4.69, 9.17) is 0 Å². The smallest absolute Gasteiger partial charge is 0.220 e. The fourth-order valence-corrected chi connectivity index (χ4v) is 3.27. The van der Waals surface area contributed by atoms with Gasteiger partial charge in [-0.05, 0) is 62.9 Å². The largest absolute Gasteiger partial charge is 0.350 e. The molecule has 1 aromatic heterocycles. The molecule has 5 nitrogen and oxygen atoms in total. The predicted molar refractivity (Wildman–Crippen MR) is 109 cm³/mol. The number of piperidine rings is 1. The summed E-state index contributed by atoms with van der Waals surface area (Å²) in [5, 5.41) is 6.49. The van der Waals surface area contributed by atoms with E-state index in [-0.39, 0.29) is 36.8 Å². The van der Waals surface area contributed by atoms with Crippen molar-refractivity contribution in [3.63, 3.8) is 0 Å². The number of hydrogen-bond donors (Lipinski definition) is 2. The molecule has 0 bridgehead atoms. The Morgan fingerprint density at radius 2 is 2.12 bits per heavy atom. The minimum atomic E-state index is 0. The molecule has 7 heteroatoms. The van der Waals surface area contributed by atoms with Crippen LogP contribution in [0, 0.1) is 5.92 Å². The number of imidazole rings is 1. The molecular weight excluding hydrogens is 371 g/mol. The molecule has 0 saturated carbocycles. The van der Waals surface area contributed by atoms with Crippen molar-refractivity contribution < 1.29 is 4.79 Å². The lowest BCUT2D eigenvalue weighted by atomic mass is 9.93. The Kier molecular flexibility index (Phi) is 9.70. The van der Waals surface area contributed by atoms with Crippen LogP contribution in [0.2, 0.25) is 0 Å². The number of nitrogens with zero attached hydrogens (tertiary/aromatic N) is 2. The number of hydrogen-bond acceptors (Lipinski definition) is 3. The summed E-state index contributed by atoms with van der Waals surface area (Å²) < 4.78 is 1.97. The Labute approximate surface area is 167 Å². The second-order valence-corrected chi connectivity index (χ2v) is 6.59. The van der Waals surface area contributed by atoms with Gasteiger partial charge in [0.2, 0.25) is 5.91 Å². The summed E-state index contributed by atoms with van der Waals surface area (Å²) in [6.07, 6.45) is 9.46. The van der Waals surface area contributed by atoms with Crippen LogP contribution in [0.4, 0.5) is 0 Å². The Morgan fingerprint density at radius 3 is 2.81 bits per heavy atom. The minimum absolute atomic E-state index is 0. The van der Waals surface area contributed by atoms with Gasteiger partial charge in [0.15, 0.2) is 0 Å². The zero-order valence-corrected chi connectivity index (χ0v) is 16.7. The molecule has 0 spiro atoms. The molecule has 1 saturated heterocycles. The average molecular weight is 399 g/mol. The van der Waals surface area contributed by atoms with Gasteiger partial charge < -0.3 is 15.2 Å². The van der Waals surface area contributed by atoms with Crippen molar-refractivity contribution in [2.75, 3.05) is 13.1 Å². The molecule has 1 aliphatic rings. The third-order valence-corrected chi connectivity index (χ3v) is 4.79. The first-order valence-corrected chi connectivity index (χ1v) is 8.81. The molecule has 3 rings (SSSR count). The van der Waals surface area contributed by atoms with Crippen molar-refractivity contribution in [2.24, 2.45) is 5.92 Å². The maximum absolute atomic E-state index is 12.2. The molecule has 0 radical (unpaired) electrons. The van der Waals surface area contributed by atoms with E-state index in [1.54, 1.807) is 12.5 Å². The molecule has 2 N–H and O–H groups in total. The zero-order chi connectivity index (χ0) is 16.8. The molecule has 2 aromatic rings. The van der Waals surface area contributed by atoms with Gasteiger partial charge in [-0.1, -0.05) is 12.1 Å². The van der Waals surface area contributed by atoms with E-state index in [0.29, 0.717) is 12.3 Å². The van der Waals surface area contributed by atoms with E-state index in [2.05, 4.69) is 27.8 Å². The van der Waals surface area contributed by atoms with Crippen molar-refractivity contribution in [3.05, 3.63) is 48.5 Å². The second-order valence-electron chi connectivity index (χ2n) is 6.59. The molecule has 1 unspecified atom stereocenters. The fraction of sp³-hybridized carbons (Fsp3) is 0.474. The van der Waals surface area contributed by atoms with Crippen LogP contribution in [0.5, 0.6) is 0 Å². The number of rotatable bonds is 6. The molecule has 144 valence electrons. The summed E-state index contributed by atoms with van der Waals surface area (Å²) in [5.74, 6) is 0.839. The number of carbonyl (C=O) groups excluding carboxylic acids is 1. The van der Waals surface area contributed by atoms with Gasteiger partial charge in [-0.25, -0.2) is 4.98 Å². The van der Waals surface area contributed by atoms with Crippen molar-refractivity contribution in [3.8, 4) is 5.69 Å². The second kappa shape index (κ2) is 11.2. The van der Waals surface area contributed by atoms with Crippen LogP contribution in [-0.2, 0) is 4.79 Å². The first-order chi connectivity index (χ1) is 11.7. The monoisotopic (exact) mass is 398 g/mol. The van der Waals surface area contributed by atoms with E-state index in [1.807, 2.05) is 29.8 Å². The number of halogens is 2. The minimum Gasteiger partial charge on any atom is -0.350 e. The highest BCUT2D eigenvalue weighted by Crippen LogP contribution is 2.19. The maximum atomic E-state index is 12.2. The summed E-state index contributed by atoms with van der Waals surface area (Å²) in [6, 6.07) is 8.21. The number of benzene rings is 1. The lowest BCUT2D eigenvalue weighted by molar-refractivity contribution is -0.122. The van der Waals surface area contributed by atoms with Gasteiger partial charge in [-0.3, -0.25) is 4.79 Å². The Bertz CT molecular complexity index is 657. The maximum Gasteiger partial charge on any atom is 0.220 e. The van der Waals surface area contributed by atoms with Crippen molar-refractivity contribution >= 4 is 30.7 Å². The fourth-order valence-electron chi connectivity index (χ4n) is 3.27. The zero-order valence-electron chi connectivity index (χ0n) is 15.1. The van der Waals surface area contributed by atoms with E-state index in [9.17, 15) is 4.79 Å². The molecular formula is C19H28Cl2N4O. The first-order valence-electron chi connectivity index (χ1n) is 8.81. The average Bonchev–Trinajstić information content (AvgIpc) is 3.16. The van der Waals surface area contributed by atoms with Crippen LogP contribution >= 0.6 is 24.8 Å². The summed E-state index contributed by atoms with van der Waals surface area (Å²) >= 11 is 0. The summed E-state index contributed by atoms with van der Waals surface area (Å²) in [4.78, 5) is 16.3. The lowest BCUT2D eigenvalue weighted by Gasteiger charge is -2.22. The molecule has 1 aliphatic heterocycles. The number of amides is 1. The highest BCUT2D eigenvalue weighted by molar-refractivity contribution is 5.85. The van der Waals surface area contributed by atoms with Crippen molar-refractivity contribution in [2.45, 2.75) is 38.6 Å². The number of nitrogens with one attached hydrogen (secondary N) is 2. The quantitative estimate of drug-likeness (QED) is 0.779. The summed E-state index contributed by atoms with van der Waals surface area (Å²) in [5.41, 5.74) is 2.16. The van der Waals surface area contributed by atoms with Crippen LogP contribution in [-0.4, -0.2) is 28.5 Å².